The lowest BCUT2D eigenvalue weighted by molar-refractivity contribution is -0.137. The van der Waals surface area contributed by atoms with Crippen LogP contribution in [-0.2, 0) is 16.6 Å². The van der Waals surface area contributed by atoms with E-state index in [1.54, 1.807) is 4.90 Å². The summed E-state index contributed by atoms with van der Waals surface area (Å²) in [5.74, 6) is 0.0180. The van der Waals surface area contributed by atoms with Gasteiger partial charge in [0, 0.05) is 26.1 Å². The molecule has 1 aliphatic rings. The van der Waals surface area contributed by atoms with Crippen LogP contribution in [0.3, 0.4) is 0 Å². The highest BCUT2D eigenvalue weighted by molar-refractivity contribution is 8.26. The molecule has 0 atom stereocenters. The first-order chi connectivity index (χ1) is 15.0. The van der Waals surface area contributed by atoms with E-state index in [4.69, 9.17) is 17.3 Å². The van der Waals surface area contributed by atoms with Gasteiger partial charge in [-0.05, 0) is 25.0 Å². The third kappa shape index (κ3) is 6.40. The predicted molar refractivity (Wildman–Crippen MR) is 130 cm³/mol. The van der Waals surface area contributed by atoms with Crippen LogP contribution in [-0.4, -0.2) is 42.3 Å². The first-order valence-corrected chi connectivity index (χ1v) is 12.1. The van der Waals surface area contributed by atoms with E-state index in [1.807, 2.05) is 42.0 Å². The molecule has 1 amide bonds. The van der Waals surface area contributed by atoms with Crippen molar-refractivity contribution in [1.82, 2.24) is 14.5 Å². The Bertz CT molecular complexity index is 984. The van der Waals surface area contributed by atoms with Crippen molar-refractivity contribution < 1.29 is 14.7 Å². The number of carbonyl (C=O) groups excluding carboxylic acids is 1. The zero-order valence-electron chi connectivity index (χ0n) is 17.9. The van der Waals surface area contributed by atoms with Crippen LogP contribution in [0.25, 0.3) is 17.1 Å². The molecule has 1 aromatic heterocycles. The van der Waals surface area contributed by atoms with Crippen LogP contribution >= 0.6 is 24.0 Å². The van der Waals surface area contributed by atoms with Crippen molar-refractivity contribution in [2.75, 3.05) is 6.54 Å². The van der Waals surface area contributed by atoms with E-state index in [-0.39, 0.29) is 12.3 Å². The van der Waals surface area contributed by atoms with Gasteiger partial charge in [0.15, 0.2) is 0 Å². The minimum Gasteiger partial charge on any atom is -0.481 e. The summed E-state index contributed by atoms with van der Waals surface area (Å²) in [6.07, 6.45) is 10.4. The molecule has 1 fully saturated rings. The van der Waals surface area contributed by atoms with Crippen molar-refractivity contribution in [2.24, 2.45) is 7.05 Å². The molecule has 3 rings (SSSR count). The fourth-order valence-electron chi connectivity index (χ4n) is 3.71. The summed E-state index contributed by atoms with van der Waals surface area (Å²) in [6, 6.07) is 7.92. The number of para-hydroxylation sites is 2. The smallest absolute Gasteiger partial charge is 0.303 e. The second-order valence-electron chi connectivity index (χ2n) is 7.82. The number of thioether (sulfide) groups is 1. The minimum atomic E-state index is -0.709. The van der Waals surface area contributed by atoms with Crippen molar-refractivity contribution in [3.63, 3.8) is 0 Å². The average molecular weight is 460 g/mol. The highest BCUT2D eigenvalue weighted by atomic mass is 32.2. The average Bonchev–Trinajstić information content (AvgIpc) is 3.20. The van der Waals surface area contributed by atoms with Gasteiger partial charge in [-0.2, -0.15) is 0 Å². The van der Waals surface area contributed by atoms with Gasteiger partial charge in [0.2, 0.25) is 0 Å². The summed E-state index contributed by atoms with van der Waals surface area (Å²) in [4.78, 5) is 30.3. The van der Waals surface area contributed by atoms with E-state index in [0.717, 1.165) is 68.2 Å². The molecule has 0 aliphatic carbocycles. The van der Waals surface area contributed by atoms with Gasteiger partial charge in [-0.3, -0.25) is 14.5 Å². The number of aromatic nitrogens is 2. The zero-order chi connectivity index (χ0) is 22.2. The molecule has 1 aromatic carbocycles. The van der Waals surface area contributed by atoms with Crippen LogP contribution in [0.2, 0.25) is 0 Å². The number of imidazole rings is 1. The van der Waals surface area contributed by atoms with E-state index < -0.39 is 5.97 Å². The highest BCUT2D eigenvalue weighted by Gasteiger charge is 2.31. The number of thiocarbonyl (C=S) groups is 1. The van der Waals surface area contributed by atoms with Crippen molar-refractivity contribution in [2.45, 2.75) is 57.8 Å². The number of amides is 1. The third-order valence-electron chi connectivity index (χ3n) is 5.48. The van der Waals surface area contributed by atoms with Crippen molar-refractivity contribution >= 4 is 57.3 Å². The van der Waals surface area contributed by atoms with Crippen LogP contribution in [0.5, 0.6) is 0 Å². The lowest BCUT2D eigenvalue weighted by Crippen LogP contribution is -2.29. The van der Waals surface area contributed by atoms with E-state index in [1.165, 1.54) is 11.8 Å². The molecule has 6 nitrogen and oxygen atoms in total. The van der Waals surface area contributed by atoms with Crippen LogP contribution in [0.4, 0.5) is 0 Å². The van der Waals surface area contributed by atoms with Gasteiger partial charge in [0.25, 0.3) is 5.91 Å². The molecule has 166 valence electrons. The Hall–Kier alpha value is -2.19. The Morgan fingerprint density at radius 1 is 1.10 bits per heavy atom. The molecule has 0 unspecified atom stereocenters. The topological polar surface area (TPSA) is 75.4 Å². The summed E-state index contributed by atoms with van der Waals surface area (Å²) in [5.41, 5.74) is 1.94. The summed E-state index contributed by atoms with van der Waals surface area (Å²) >= 11 is 6.80. The number of carboxylic acid groups (broad SMARTS) is 1. The van der Waals surface area contributed by atoms with E-state index in [0.29, 0.717) is 15.8 Å². The van der Waals surface area contributed by atoms with Crippen molar-refractivity contribution in [3.8, 4) is 0 Å². The zero-order valence-corrected chi connectivity index (χ0v) is 19.5. The Balaban J connectivity index is 1.42. The van der Waals surface area contributed by atoms with Crippen molar-refractivity contribution in [3.05, 3.63) is 35.0 Å². The number of carbonyl (C=O) groups is 2. The number of benzene rings is 1. The molecule has 0 spiro atoms. The van der Waals surface area contributed by atoms with E-state index >= 15 is 0 Å². The predicted octanol–water partition coefficient (Wildman–Crippen LogP) is 5.37. The lowest BCUT2D eigenvalue weighted by Gasteiger charge is -2.14. The first kappa shape index (κ1) is 23.5. The molecular formula is C23H29N3O3S2. The Morgan fingerprint density at radius 3 is 2.42 bits per heavy atom. The number of aryl methyl sites for hydroxylation is 1. The van der Waals surface area contributed by atoms with Gasteiger partial charge in [-0.1, -0.05) is 74.6 Å². The van der Waals surface area contributed by atoms with Crippen LogP contribution in [0.15, 0.2) is 29.2 Å². The molecule has 8 heteroatoms. The lowest BCUT2D eigenvalue weighted by atomic mass is 10.1. The second-order valence-corrected chi connectivity index (χ2v) is 9.50. The number of hydrogen-bond donors (Lipinski definition) is 1. The number of hydrogen-bond acceptors (Lipinski definition) is 5. The maximum atomic E-state index is 12.8. The number of carboxylic acids is 1. The Kier molecular flexibility index (Phi) is 8.66. The molecule has 31 heavy (non-hydrogen) atoms. The number of nitrogens with zero attached hydrogens (tertiary/aromatic N) is 3. The van der Waals surface area contributed by atoms with Crippen molar-refractivity contribution in [1.29, 1.82) is 0 Å². The maximum Gasteiger partial charge on any atom is 0.303 e. The first-order valence-electron chi connectivity index (χ1n) is 10.9. The summed E-state index contributed by atoms with van der Waals surface area (Å²) in [7, 11) is 1.95. The molecule has 2 heterocycles. The molecule has 1 aliphatic heterocycles. The number of fused-ring (bicyclic) bond motifs is 1. The van der Waals surface area contributed by atoms with Gasteiger partial charge in [-0.25, -0.2) is 4.98 Å². The quantitative estimate of drug-likeness (QED) is 0.261. The summed E-state index contributed by atoms with van der Waals surface area (Å²) in [6.45, 7) is 0.656. The van der Waals surface area contributed by atoms with Crippen LogP contribution < -0.4 is 0 Å². The standard InChI is InChI=1S/C23H29N3O3S2/c1-25-18-13-10-9-12-17(18)24-20(25)16-19-22(29)26(23(30)31-19)15-11-7-5-3-2-4-6-8-14-21(27)28/h9-10,12-13,16H,2-8,11,14-15H2,1H3,(H,27,28)/b19-16+. The normalized spacial score (nSPS) is 15.5. The fraction of sp³-hybridized carbons (Fsp3) is 0.478. The minimum absolute atomic E-state index is 0.0273. The highest BCUT2D eigenvalue weighted by Crippen LogP contribution is 2.33. The largest absolute Gasteiger partial charge is 0.481 e. The fourth-order valence-corrected chi connectivity index (χ4v) is 4.99. The number of unbranched alkanes of at least 4 members (excludes halogenated alkanes) is 7. The monoisotopic (exact) mass is 459 g/mol. The molecule has 2 aromatic rings. The van der Waals surface area contributed by atoms with Crippen LogP contribution in [0, 0.1) is 0 Å². The van der Waals surface area contributed by atoms with E-state index in [2.05, 4.69) is 4.98 Å². The third-order valence-corrected chi connectivity index (χ3v) is 6.86. The van der Waals surface area contributed by atoms with Gasteiger partial charge < -0.3 is 9.67 Å². The van der Waals surface area contributed by atoms with Crippen LogP contribution in [0.1, 0.15) is 63.6 Å². The molecular weight excluding hydrogens is 430 g/mol. The summed E-state index contributed by atoms with van der Waals surface area (Å²) < 4.78 is 2.61. The second kappa shape index (κ2) is 11.4. The number of rotatable bonds is 12. The molecule has 0 saturated carbocycles. The van der Waals surface area contributed by atoms with Gasteiger partial charge >= 0.3 is 5.97 Å². The molecule has 1 saturated heterocycles. The SMILES string of the molecule is Cn1c(/C=C2/SC(=S)N(CCCCCCCCCCC(=O)O)C2=O)nc2ccccc21. The van der Waals surface area contributed by atoms with Gasteiger partial charge in [-0.15, -0.1) is 0 Å². The van der Waals surface area contributed by atoms with E-state index in [9.17, 15) is 9.59 Å². The number of aliphatic carboxylic acids is 1. The van der Waals surface area contributed by atoms with Gasteiger partial charge in [0.05, 0.1) is 15.9 Å². The Morgan fingerprint density at radius 2 is 1.74 bits per heavy atom. The maximum absolute atomic E-state index is 12.8. The molecule has 0 radical (unpaired) electrons. The Labute approximate surface area is 192 Å². The molecule has 1 N–H and O–H groups in total. The summed E-state index contributed by atoms with van der Waals surface area (Å²) in [5, 5.41) is 8.63. The molecule has 0 bridgehead atoms. The van der Waals surface area contributed by atoms with Gasteiger partial charge in [0.1, 0.15) is 10.1 Å².